The maximum Gasteiger partial charge on any atom is 0.258 e. The largest absolute Gasteiger partial charge is 0.288 e. The molecule has 0 spiro atoms. The van der Waals surface area contributed by atoms with Gasteiger partial charge in [-0.15, -0.1) is 0 Å². The first-order valence-corrected chi connectivity index (χ1v) is 4.94. The number of carbonyl (C=O) groups is 4. The van der Waals surface area contributed by atoms with Gasteiger partial charge >= 0.3 is 0 Å². The van der Waals surface area contributed by atoms with Gasteiger partial charge in [0.25, 0.3) is 23.6 Å². The molecular formula is C11H6N2O4. The first kappa shape index (κ1) is 9.71. The van der Waals surface area contributed by atoms with Crippen LogP contribution < -0.4 is 10.6 Å². The number of hydrogen-bond acceptors (Lipinski definition) is 4. The average Bonchev–Trinajstić information content (AvgIpc) is 2.59. The second-order valence-corrected chi connectivity index (χ2v) is 3.84. The van der Waals surface area contributed by atoms with Crippen LogP contribution in [0.5, 0.6) is 0 Å². The van der Waals surface area contributed by atoms with E-state index >= 15 is 0 Å². The van der Waals surface area contributed by atoms with Crippen LogP contribution in [0.2, 0.25) is 0 Å². The highest BCUT2D eigenvalue weighted by atomic mass is 16.2. The van der Waals surface area contributed by atoms with Crippen LogP contribution >= 0.6 is 0 Å². The van der Waals surface area contributed by atoms with Gasteiger partial charge in [0.05, 0.1) is 5.57 Å². The second-order valence-electron chi connectivity index (χ2n) is 3.84. The lowest BCUT2D eigenvalue weighted by Crippen LogP contribution is -2.23. The quantitative estimate of drug-likeness (QED) is 0.514. The predicted molar refractivity (Wildman–Crippen MR) is 54.1 cm³/mol. The van der Waals surface area contributed by atoms with Crippen molar-refractivity contribution in [1.29, 1.82) is 0 Å². The Morgan fingerprint density at radius 2 is 1.47 bits per heavy atom. The second kappa shape index (κ2) is 3.00. The van der Waals surface area contributed by atoms with Gasteiger partial charge in [0.1, 0.15) is 0 Å². The Kier molecular flexibility index (Phi) is 1.72. The maximum absolute atomic E-state index is 11.5. The molecule has 6 heteroatoms. The molecule has 6 nitrogen and oxygen atoms in total. The highest BCUT2D eigenvalue weighted by molar-refractivity contribution is 6.27. The molecule has 3 aliphatic rings. The number of allylic oxidation sites excluding steroid dienone is 1. The summed E-state index contributed by atoms with van der Waals surface area (Å²) in [6.07, 6.45) is 2.96. The zero-order chi connectivity index (χ0) is 12.2. The van der Waals surface area contributed by atoms with Crippen LogP contribution in [0.4, 0.5) is 0 Å². The van der Waals surface area contributed by atoms with Crippen LogP contribution in [0.25, 0.3) is 0 Å². The van der Waals surface area contributed by atoms with Gasteiger partial charge in [0, 0.05) is 16.7 Å². The highest BCUT2D eigenvalue weighted by Crippen LogP contribution is 2.29. The number of rotatable bonds is 0. The van der Waals surface area contributed by atoms with Gasteiger partial charge in [-0.05, 0) is 12.5 Å². The van der Waals surface area contributed by atoms with E-state index in [0.29, 0.717) is 5.57 Å². The third-order valence-corrected chi connectivity index (χ3v) is 2.88. The molecule has 0 bridgehead atoms. The number of imide groups is 2. The van der Waals surface area contributed by atoms with Crippen molar-refractivity contribution in [2.75, 3.05) is 0 Å². The molecular weight excluding hydrogens is 224 g/mol. The van der Waals surface area contributed by atoms with Crippen molar-refractivity contribution in [2.24, 2.45) is 0 Å². The van der Waals surface area contributed by atoms with E-state index in [1.165, 1.54) is 12.2 Å². The number of nitrogens with one attached hydrogen (secondary N) is 2. The van der Waals surface area contributed by atoms with Crippen LogP contribution in [0.1, 0.15) is 6.42 Å². The van der Waals surface area contributed by atoms with Gasteiger partial charge in [-0.3, -0.25) is 29.8 Å². The first-order chi connectivity index (χ1) is 8.08. The SMILES string of the molecule is O=C1NC(=O)C2=CC3=C(CC=C12)C(=O)NC3=O. The summed E-state index contributed by atoms with van der Waals surface area (Å²) in [5, 5.41) is 4.29. The minimum absolute atomic E-state index is 0.143. The van der Waals surface area contributed by atoms with E-state index in [0.717, 1.165) is 0 Å². The minimum atomic E-state index is -0.540. The van der Waals surface area contributed by atoms with Crippen molar-refractivity contribution in [3.8, 4) is 0 Å². The molecule has 2 aliphatic heterocycles. The molecule has 17 heavy (non-hydrogen) atoms. The third-order valence-electron chi connectivity index (χ3n) is 2.88. The number of carbonyl (C=O) groups excluding carboxylic acids is 4. The van der Waals surface area contributed by atoms with Gasteiger partial charge in [0.15, 0.2) is 0 Å². The summed E-state index contributed by atoms with van der Waals surface area (Å²) in [7, 11) is 0. The van der Waals surface area contributed by atoms with Crippen molar-refractivity contribution >= 4 is 23.6 Å². The van der Waals surface area contributed by atoms with Crippen molar-refractivity contribution in [3.63, 3.8) is 0 Å². The predicted octanol–water partition coefficient (Wildman–Crippen LogP) is -1.15. The van der Waals surface area contributed by atoms with Crippen LogP contribution in [-0.4, -0.2) is 23.6 Å². The van der Waals surface area contributed by atoms with Gasteiger partial charge < -0.3 is 0 Å². The topological polar surface area (TPSA) is 92.3 Å². The fourth-order valence-electron chi connectivity index (χ4n) is 2.04. The maximum atomic E-state index is 11.5. The Morgan fingerprint density at radius 1 is 0.824 bits per heavy atom. The van der Waals surface area contributed by atoms with E-state index < -0.39 is 23.6 Å². The molecule has 3 rings (SSSR count). The molecule has 0 saturated carbocycles. The van der Waals surface area contributed by atoms with Crippen LogP contribution in [0, 0.1) is 0 Å². The highest BCUT2D eigenvalue weighted by Gasteiger charge is 2.36. The molecule has 0 aromatic heterocycles. The van der Waals surface area contributed by atoms with Crippen LogP contribution in [0.15, 0.2) is 34.4 Å². The summed E-state index contributed by atoms with van der Waals surface area (Å²) in [5.74, 6) is -2.02. The van der Waals surface area contributed by atoms with E-state index in [1.54, 1.807) is 0 Å². The first-order valence-electron chi connectivity index (χ1n) is 4.94. The molecule has 0 aromatic rings. The molecule has 2 N–H and O–H groups in total. The number of amides is 4. The fourth-order valence-corrected chi connectivity index (χ4v) is 2.04. The summed E-state index contributed by atoms with van der Waals surface area (Å²) >= 11 is 0. The molecule has 2 heterocycles. The van der Waals surface area contributed by atoms with Crippen molar-refractivity contribution < 1.29 is 19.2 Å². The zero-order valence-corrected chi connectivity index (χ0v) is 8.49. The Balaban J connectivity index is 2.19. The number of fused-ring (bicyclic) bond motifs is 1. The Labute approximate surface area is 95.0 Å². The van der Waals surface area contributed by atoms with E-state index in [-0.39, 0.29) is 23.1 Å². The van der Waals surface area contributed by atoms with E-state index in [1.807, 2.05) is 0 Å². The standard InChI is InChI=1S/C11H6N2O4/c14-8-4-1-2-5-7(11(17)13-9(5)15)3-6(4)10(16)12-8/h1,3H,2H2,(H,12,14,16)(H,13,15,17). The smallest absolute Gasteiger partial charge is 0.258 e. The zero-order valence-electron chi connectivity index (χ0n) is 8.49. The Morgan fingerprint density at radius 3 is 2.24 bits per heavy atom. The molecule has 0 radical (unpaired) electrons. The minimum Gasteiger partial charge on any atom is -0.288 e. The average molecular weight is 230 g/mol. The molecule has 0 unspecified atom stereocenters. The lowest BCUT2D eigenvalue weighted by Gasteiger charge is -1.94. The molecule has 0 atom stereocenters. The monoisotopic (exact) mass is 230 g/mol. The van der Waals surface area contributed by atoms with Crippen molar-refractivity contribution in [1.82, 2.24) is 10.6 Å². The third kappa shape index (κ3) is 1.20. The Bertz CT molecular complexity index is 607. The summed E-state index contributed by atoms with van der Waals surface area (Å²) in [4.78, 5) is 45.8. The molecule has 4 amide bonds. The normalized spacial score (nSPS) is 22.6. The lowest BCUT2D eigenvalue weighted by molar-refractivity contribution is -0.125. The fraction of sp³-hybridized carbons (Fsp3) is 0.0909. The van der Waals surface area contributed by atoms with E-state index in [9.17, 15) is 19.2 Å². The summed E-state index contributed by atoms with van der Waals surface area (Å²) in [6.45, 7) is 0. The lowest BCUT2D eigenvalue weighted by atomic mass is 10.1. The van der Waals surface area contributed by atoms with Gasteiger partial charge in [-0.2, -0.15) is 0 Å². The van der Waals surface area contributed by atoms with Gasteiger partial charge in [0.2, 0.25) is 0 Å². The van der Waals surface area contributed by atoms with E-state index in [4.69, 9.17) is 0 Å². The Hall–Kier alpha value is -2.50. The molecule has 1 fully saturated rings. The number of hydrogen-bond donors (Lipinski definition) is 2. The summed E-state index contributed by atoms with van der Waals surface area (Å²) in [6, 6.07) is 0. The molecule has 0 aromatic carbocycles. The van der Waals surface area contributed by atoms with Crippen LogP contribution in [-0.2, 0) is 19.2 Å². The van der Waals surface area contributed by atoms with E-state index in [2.05, 4.69) is 10.6 Å². The van der Waals surface area contributed by atoms with Crippen LogP contribution in [0.3, 0.4) is 0 Å². The molecule has 84 valence electrons. The van der Waals surface area contributed by atoms with Gasteiger partial charge in [-0.25, -0.2) is 0 Å². The summed E-state index contributed by atoms with van der Waals surface area (Å²) < 4.78 is 0. The summed E-state index contributed by atoms with van der Waals surface area (Å²) in [5.41, 5.74) is 0.834. The van der Waals surface area contributed by atoms with Crippen molar-refractivity contribution in [3.05, 3.63) is 34.4 Å². The van der Waals surface area contributed by atoms with Gasteiger partial charge in [-0.1, -0.05) is 6.08 Å². The van der Waals surface area contributed by atoms with Crippen molar-refractivity contribution in [2.45, 2.75) is 6.42 Å². The molecule has 1 aliphatic carbocycles. The molecule has 1 saturated heterocycles.